The highest BCUT2D eigenvalue weighted by Gasteiger charge is 2.72. The lowest BCUT2D eigenvalue weighted by Crippen LogP contribution is -2.64. The molecule has 4 fully saturated rings. The Hall–Kier alpha value is -0.623. The van der Waals surface area contributed by atoms with Gasteiger partial charge in [0.15, 0.2) is 14.1 Å². The van der Waals surface area contributed by atoms with Crippen molar-refractivity contribution in [3.63, 3.8) is 0 Å². The van der Waals surface area contributed by atoms with Crippen LogP contribution in [0.25, 0.3) is 0 Å². The zero-order valence-electron chi connectivity index (χ0n) is 20.2. The Bertz CT molecular complexity index is 948. The minimum Gasteiger partial charge on any atom is -0.416 e. The van der Waals surface area contributed by atoms with E-state index in [1.165, 1.54) is 0 Å². The Morgan fingerprint density at radius 2 is 1.70 bits per heavy atom. The third kappa shape index (κ3) is 3.71. The molecule has 1 saturated heterocycles. The number of halogens is 3. The second-order valence-electron chi connectivity index (χ2n) is 11.8. The highest BCUT2D eigenvalue weighted by Crippen LogP contribution is 2.73. The van der Waals surface area contributed by atoms with Crippen LogP contribution in [-0.2, 0) is 28.2 Å². The van der Waals surface area contributed by atoms with Crippen molar-refractivity contribution in [3.05, 3.63) is 11.3 Å². The Labute approximate surface area is 195 Å². The maximum Gasteiger partial charge on any atom is 0.534 e. The largest absolute Gasteiger partial charge is 0.534 e. The third-order valence-electron chi connectivity index (χ3n) is 8.94. The highest BCUT2D eigenvalue weighted by molar-refractivity contribution is 7.87. The molecule has 3 atom stereocenters. The summed E-state index contributed by atoms with van der Waals surface area (Å²) in [4.78, 5) is 0. The van der Waals surface area contributed by atoms with Crippen molar-refractivity contribution in [3.8, 4) is 0 Å². The number of hydrogen-bond donors (Lipinski definition) is 0. The Morgan fingerprint density at radius 3 is 2.24 bits per heavy atom. The van der Waals surface area contributed by atoms with Gasteiger partial charge in [-0.25, -0.2) is 0 Å². The van der Waals surface area contributed by atoms with Crippen molar-refractivity contribution in [1.29, 1.82) is 0 Å². The summed E-state index contributed by atoms with van der Waals surface area (Å²) < 4.78 is 87.2. The van der Waals surface area contributed by atoms with E-state index in [0.29, 0.717) is 44.7 Å². The minimum absolute atomic E-state index is 0.0405. The zero-order chi connectivity index (χ0) is 24.7. The van der Waals surface area contributed by atoms with E-state index >= 15 is 0 Å². The van der Waals surface area contributed by atoms with Gasteiger partial charge in [-0.1, -0.05) is 27.7 Å². The van der Waals surface area contributed by atoms with Gasteiger partial charge in [-0.2, -0.15) is 21.6 Å². The second-order valence-corrected chi connectivity index (χ2v) is 18.2. The van der Waals surface area contributed by atoms with Crippen LogP contribution in [0.1, 0.15) is 59.8 Å². The van der Waals surface area contributed by atoms with E-state index in [4.69, 9.17) is 18.1 Å². The van der Waals surface area contributed by atoms with E-state index in [0.717, 1.165) is 6.42 Å². The SMILES string of the molecule is CC(C)(C)[Si](C)(C)OC[C@@H]1C2=C(OS(=O)(=O)C(F)(F)F)CC[C@]23CC[C@@]1(C)CC31OCCO1. The van der Waals surface area contributed by atoms with Crippen molar-refractivity contribution in [2.75, 3.05) is 19.8 Å². The van der Waals surface area contributed by atoms with Crippen molar-refractivity contribution in [2.45, 2.75) is 89.2 Å². The van der Waals surface area contributed by atoms with Gasteiger partial charge in [0.2, 0.25) is 0 Å². The van der Waals surface area contributed by atoms with E-state index in [1.54, 1.807) is 0 Å². The molecule has 0 aromatic heterocycles. The average molecular weight is 513 g/mol. The molecule has 1 heterocycles. The topological polar surface area (TPSA) is 71.1 Å². The Balaban J connectivity index is 1.79. The normalized spacial score (nSPS) is 34.3. The summed E-state index contributed by atoms with van der Waals surface area (Å²) in [5.41, 5.74) is -5.95. The molecule has 11 heteroatoms. The predicted octanol–water partition coefficient (Wildman–Crippen LogP) is 5.47. The number of rotatable bonds is 5. The van der Waals surface area contributed by atoms with Crippen LogP contribution in [-0.4, -0.2) is 47.9 Å². The molecule has 0 amide bonds. The monoisotopic (exact) mass is 512 g/mol. The minimum atomic E-state index is -5.77. The molecule has 0 N–H and O–H groups in total. The summed E-state index contributed by atoms with van der Waals surface area (Å²) in [5.74, 6) is -1.31. The van der Waals surface area contributed by atoms with Crippen LogP contribution in [0.2, 0.25) is 18.1 Å². The molecule has 1 aliphatic heterocycles. The summed E-state index contributed by atoms with van der Waals surface area (Å²) in [6, 6.07) is 0. The number of hydrogen-bond acceptors (Lipinski definition) is 6. The van der Waals surface area contributed by atoms with Crippen LogP contribution in [0.3, 0.4) is 0 Å². The van der Waals surface area contributed by atoms with E-state index < -0.39 is 35.1 Å². The summed E-state index contributed by atoms with van der Waals surface area (Å²) in [7, 11) is -7.93. The van der Waals surface area contributed by atoms with Crippen molar-refractivity contribution >= 4 is 18.4 Å². The van der Waals surface area contributed by atoms with Crippen LogP contribution in [0.4, 0.5) is 13.2 Å². The molecule has 0 radical (unpaired) electrons. The lowest BCUT2D eigenvalue weighted by Gasteiger charge is -2.64. The smallest absolute Gasteiger partial charge is 0.416 e. The molecule has 5 aliphatic rings. The molecule has 2 spiro atoms. The molecule has 3 saturated carbocycles. The van der Waals surface area contributed by atoms with E-state index in [2.05, 4.69) is 40.8 Å². The van der Waals surface area contributed by atoms with Gasteiger partial charge >= 0.3 is 15.6 Å². The van der Waals surface area contributed by atoms with Gasteiger partial charge in [0.05, 0.1) is 13.2 Å². The number of alkyl halides is 3. The van der Waals surface area contributed by atoms with Gasteiger partial charge in [-0.3, -0.25) is 0 Å². The number of allylic oxidation sites excluding steroid dienone is 1. The molecule has 4 aliphatic carbocycles. The first kappa shape index (κ1) is 25.5. The van der Waals surface area contributed by atoms with Gasteiger partial charge in [-0.15, -0.1) is 0 Å². The molecular weight excluding hydrogens is 477 g/mol. The average Bonchev–Trinajstić information content (AvgIpc) is 3.25. The van der Waals surface area contributed by atoms with Gasteiger partial charge in [0, 0.05) is 30.8 Å². The van der Waals surface area contributed by atoms with Crippen LogP contribution >= 0.6 is 0 Å². The molecule has 0 aromatic rings. The predicted molar refractivity (Wildman–Crippen MR) is 118 cm³/mol. The van der Waals surface area contributed by atoms with E-state index in [9.17, 15) is 21.6 Å². The van der Waals surface area contributed by atoms with E-state index in [1.807, 2.05) is 0 Å². The molecule has 6 nitrogen and oxygen atoms in total. The van der Waals surface area contributed by atoms with Crippen LogP contribution in [0, 0.1) is 16.7 Å². The fourth-order valence-electron chi connectivity index (χ4n) is 6.06. The third-order valence-corrected chi connectivity index (χ3v) is 14.4. The first-order chi connectivity index (χ1) is 14.9. The molecule has 2 bridgehead atoms. The Kier molecular flexibility index (Phi) is 5.74. The maximum absolute atomic E-state index is 13.2. The van der Waals surface area contributed by atoms with Gasteiger partial charge in [-0.05, 0) is 48.4 Å². The number of fused-ring (bicyclic) bond motifs is 1. The van der Waals surface area contributed by atoms with Crippen LogP contribution in [0.5, 0.6) is 0 Å². The Morgan fingerprint density at radius 1 is 1.09 bits per heavy atom. The van der Waals surface area contributed by atoms with Gasteiger partial charge in [0.25, 0.3) is 0 Å². The van der Waals surface area contributed by atoms with Gasteiger partial charge in [0.1, 0.15) is 5.76 Å². The second kappa shape index (κ2) is 7.44. The summed E-state index contributed by atoms with van der Waals surface area (Å²) in [5, 5.41) is -0.0405. The molecular formula is C22H35F3O6SSi. The maximum atomic E-state index is 13.2. The first-order valence-electron chi connectivity index (χ1n) is 11.6. The number of ether oxygens (including phenoxy) is 2. The molecule has 5 rings (SSSR count). The van der Waals surface area contributed by atoms with Crippen LogP contribution in [0.15, 0.2) is 11.3 Å². The molecule has 0 aromatic carbocycles. The summed E-state index contributed by atoms with van der Waals surface area (Å²) in [6.07, 6.45) is 2.65. The van der Waals surface area contributed by atoms with Crippen molar-refractivity contribution in [2.24, 2.45) is 16.7 Å². The first-order valence-corrected chi connectivity index (χ1v) is 15.9. The van der Waals surface area contributed by atoms with Crippen molar-refractivity contribution in [1.82, 2.24) is 0 Å². The standard InChI is InChI=1S/C22H35F3O6SSi/c1-18(2,3)33(5,6)30-13-15-17-16(31-32(26,27)22(23,24)25)7-8-20(17)10-9-19(15,4)14-21(20)28-11-12-29-21/h15H,7-14H2,1-6H3/t15-,19+,20+/m1/s1. The van der Waals surface area contributed by atoms with Crippen LogP contribution < -0.4 is 0 Å². The summed E-state index contributed by atoms with van der Waals surface area (Å²) >= 11 is 0. The zero-order valence-corrected chi connectivity index (χ0v) is 22.0. The fraction of sp³-hybridized carbons (Fsp3) is 0.909. The summed E-state index contributed by atoms with van der Waals surface area (Å²) in [6.45, 7) is 13.9. The van der Waals surface area contributed by atoms with E-state index in [-0.39, 0.29) is 28.6 Å². The quantitative estimate of drug-likeness (QED) is 0.276. The van der Waals surface area contributed by atoms with Crippen molar-refractivity contribution < 1.29 is 39.7 Å². The fourth-order valence-corrected chi connectivity index (χ4v) is 7.61. The molecule has 33 heavy (non-hydrogen) atoms. The molecule has 0 unspecified atom stereocenters. The lowest BCUT2D eigenvalue weighted by atomic mass is 9.45. The molecule has 190 valence electrons. The van der Waals surface area contributed by atoms with Gasteiger partial charge < -0.3 is 18.1 Å². The highest BCUT2D eigenvalue weighted by atomic mass is 32.2. The lowest BCUT2D eigenvalue weighted by molar-refractivity contribution is -0.290.